The third-order valence-corrected chi connectivity index (χ3v) is 6.92. The average molecular weight is 590 g/mol. The van der Waals surface area contributed by atoms with E-state index in [2.05, 4.69) is 61.1 Å². The summed E-state index contributed by atoms with van der Waals surface area (Å²) in [4.78, 5) is 37.6. The molecule has 0 bridgehead atoms. The van der Waals surface area contributed by atoms with Crippen LogP contribution in [0.3, 0.4) is 0 Å². The summed E-state index contributed by atoms with van der Waals surface area (Å²) in [5.74, 6) is -3.27. The van der Waals surface area contributed by atoms with Crippen molar-refractivity contribution >= 4 is 17.9 Å². The first-order chi connectivity index (χ1) is 19.5. The number of nitrogens with zero attached hydrogens (tertiary/aromatic N) is 2. The number of rotatable bonds is 12. The first-order valence-electron chi connectivity index (χ1n) is 13.5. The Labute approximate surface area is 246 Å². The first-order valence-corrected chi connectivity index (χ1v) is 13.5. The summed E-state index contributed by atoms with van der Waals surface area (Å²) in [5.41, 5.74) is -0.363. The van der Waals surface area contributed by atoms with Crippen molar-refractivity contribution in [3.63, 3.8) is 0 Å². The van der Waals surface area contributed by atoms with E-state index < -0.39 is 36.4 Å². The molecule has 0 amide bonds. The van der Waals surface area contributed by atoms with Gasteiger partial charge in [-0.1, -0.05) is 6.07 Å². The van der Waals surface area contributed by atoms with Gasteiger partial charge in [-0.2, -0.15) is 0 Å². The molecule has 0 radical (unpaired) electrons. The Morgan fingerprint density at radius 3 is 2.00 bits per heavy atom. The van der Waals surface area contributed by atoms with Crippen LogP contribution in [0.4, 0.5) is 0 Å². The number of benzene rings is 1. The van der Waals surface area contributed by atoms with E-state index in [1.165, 1.54) is 0 Å². The summed E-state index contributed by atoms with van der Waals surface area (Å²) in [7, 11) is 3.43. The molecule has 3 rings (SSSR count). The third kappa shape index (κ3) is 10.6. The summed E-state index contributed by atoms with van der Waals surface area (Å²) in [6, 6.07) is 12.6. The molecule has 232 valence electrons. The lowest BCUT2D eigenvalue weighted by Gasteiger charge is -2.49. The van der Waals surface area contributed by atoms with Gasteiger partial charge < -0.3 is 35.2 Å². The predicted molar refractivity (Wildman–Crippen MR) is 154 cm³/mol. The van der Waals surface area contributed by atoms with Crippen molar-refractivity contribution in [1.82, 2.24) is 15.2 Å². The predicted octanol–water partition coefficient (Wildman–Crippen LogP) is 3.16. The highest BCUT2D eigenvalue weighted by atomic mass is 16.5. The van der Waals surface area contributed by atoms with Gasteiger partial charge in [-0.05, 0) is 70.9 Å². The standard InChI is InChI=1S/C24H35N3O2.C6H8O7/c1-23(2)14-20(15-24(3,4)26-23)27(17-19-9-7-8-12-25-19)16-18-13-21(28-5)10-11-22(18)29-6;7-3(8)1-6(13,5(11)12)2-4(9)10/h7-13,20,26H,14-17H2,1-6H3;13H,1-2H2,(H,7,8)(H,9,10)(H,11,12). The second kappa shape index (κ2) is 14.4. The molecule has 0 aliphatic carbocycles. The number of pyridine rings is 1. The molecule has 2 heterocycles. The molecule has 0 atom stereocenters. The Morgan fingerprint density at radius 2 is 1.55 bits per heavy atom. The second-order valence-electron chi connectivity index (χ2n) is 11.8. The maximum Gasteiger partial charge on any atom is 0.336 e. The molecule has 5 N–H and O–H groups in total. The van der Waals surface area contributed by atoms with E-state index in [-0.39, 0.29) is 11.1 Å². The van der Waals surface area contributed by atoms with Crippen molar-refractivity contribution in [3.8, 4) is 11.5 Å². The van der Waals surface area contributed by atoms with Gasteiger partial charge in [-0.15, -0.1) is 0 Å². The van der Waals surface area contributed by atoms with Crippen LogP contribution in [0.5, 0.6) is 11.5 Å². The molecule has 42 heavy (non-hydrogen) atoms. The van der Waals surface area contributed by atoms with Crippen molar-refractivity contribution in [2.75, 3.05) is 14.2 Å². The maximum atomic E-state index is 10.3. The zero-order chi connectivity index (χ0) is 31.7. The Hall–Kier alpha value is -3.74. The van der Waals surface area contributed by atoms with Crippen molar-refractivity contribution in [2.24, 2.45) is 0 Å². The fraction of sp³-hybridized carbons (Fsp3) is 0.533. The van der Waals surface area contributed by atoms with Crippen molar-refractivity contribution in [2.45, 2.75) is 89.2 Å². The SMILES string of the molecule is COc1ccc(OC)c(CN(Cc2ccccn2)C2CC(C)(C)NC(C)(C)C2)c1.O=C(O)CC(O)(CC(=O)O)C(=O)O. The van der Waals surface area contributed by atoms with Crippen LogP contribution in [-0.2, 0) is 27.5 Å². The fourth-order valence-corrected chi connectivity index (χ4v) is 5.48. The lowest BCUT2D eigenvalue weighted by molar-refractivity contribution is -0.170. The Kier molecular flexibility index (Phi) is 11.8. The average Bonchev–Trinajstić information content (AvgIpc) is 2.86. The van der Waals surface area contributed by atoms with Gasteiger partial charge >= 0.3 is 17.9 Å². The number of aromatic nitrogens is 1. The molecule has 1 aromatic carbocycles. The second-order valence-corrected chi connectivity index (χ2v) is 11.8. The monoisotopic (exact) mass is 589 g/mol. The maximum absolute atomic E-state index is 10.3. The van der Waals surface area contributed by atoms with Crippen LogP contribution in [0.15, 0.2) is 42.6 Å². The van der Waals surface area contributed by atoms with Crippen LogP contribution in [-0.4, -0.2) is 85.2 Å². The quantitative estimate of drug-likeness (QED) is 0.245. The molecule has 1 saturated heterocycles. The Bertz CT molecular complexity index is 1190. The minimum atomic E-state index is -2.74. The number of carboxylic acid groups (broad SMARTS) is 3. The zero-order valence-corrected chi connectivity index (χ0v) is 25.1. The number of hydrogen-bond donors (Lipinski definition) is 5. The van der Waals surface area contributed by atoms with E-state index in [1.54, 1.807) is 14.2 Å². The van der Waals surface area contributed by atoms with Crippen molar-refractivity contribution < 1.29 is 44.3 Å². The highest BCUT2D eigenvalue weighted by Gasteiger charge is 2.41. The van der Waals surface area contributed by atoms with Gasteiger partial charge in [0.1, 0.15) is 11.5 Å². The van der Waals surface area contributed by atoms with Crippen LogP contribution in [0.1, 0.15) is 64.6 Å². The van der Waals surface area contributed by atoms with Gasteiger partial charge in [0.25, 0.3) is 0 Å². The van der Waals surface area contributed by atoms with Crippen molar-refractivity contribution in [3.05, 3.63) is 53.9 Å². The molecule has 2 aromatic rings. The highest BCUT2D eigenvalue weighted by Crippen LogP contribution is 2.34. The van der Waals surface area contributed by atoms with Crippen LogP contribution < -0.4 is 14.8 Å². The van der Waals surface area contributed by atoms with Gasteiger partial charge in [0.05, 0.1) is 32.8 Å². The molecule has 1 aromatic heterocycles. The largest absolute Gasteiger partial charge is 0.497 e. The molecule has 0 unspecified atom stereocenters. The number of ether oxygens (including phenoxy) is 2. The lowest BCUT2D eigenvalue weighted by atomic mass is 9.79. The van der Waals surface area contributed by atoms with Gasteiger partial charge in [0, 0.05) is 42.0 Å². The molecular formula is C30H43N3O9. The number of carboxylic acids is 3. The van der Waals surface area contributed by atoms with E-state index >= 15 is 0 Å². The zero-order valence-electron chi connectivity index (χ0n) is 25.1. The number of carbonyl (C=O) groups is 3. The molecule has 0 spiro atoms. The Balaban J connectivity index is 0.000000401. The van der Waals surface area contributed by atoms with Gasteiger partial charge in [-0.25, -0.2) is 4.79 Å². The lowest BCUT2D eigenvalue weighted by Crippen LogP contribution is -2.62. The normalized spacial score (nSPS) is 16.2. The molecule has 12 nitrogen and oxygen atoms in total. The number of hydrogen-bond acceptors (Lipinski definition) is 9. The van der Waals surface area contributed by atoms with Crippen molar-refractivity contribution in [1.29, 1.82) is 0 Å². The Morgan fingerprint density at radius 1 is 0.952 bits per heavy atom. The molecule has 1 aliphatic heterocycles. The molecule has 0 saturated carbocycles. The van der Waals surface area contributed by atoms with Crippen LogP contribution in [0.2, 0.25) is 0 Å². The van der Waals surface area contributed by atoms with E-state index in [9.17, 15) is 14.4 Å². The number of piperidine rings is 1. The summed E-state index contributed by atoms with van der Waals surface area (Å²) in [6.45, 7) is 10.8. The number of aliphatic carboxylic acids is 3. The van der Waals surface area contributed by atoms with Crippen LogP contribution in [0, 0.1) is 0 Å². The summed E-state index contributed by atoms with van der Waals surface area (Å²) in [6.07, 6.45) is 1.74. The minimum Gasteiger partial charge on any atom is -0.497 e. The third-order valence-electron chi connectivity index (χ3n) is 6.92. The molecule has 1 aliphatic rings. The van der Waals surface area contributed by atoms with Gasteiger partial charge in [-0.3, -0.25) is 19.5 Å². The summed E-state index contributed by atoms with van der Waals surface area (Å²) >= 11 is 0. The highest BCUT2D eigenvalue weighted by molar-refractivity contribution is 5.88. The summed E-state index contributed by atoms with van der Waals surface area (Å²) < 4.78 is 11.1. The number of methoxy groups -OCH3 is 2. The number of aliphatic hydroxyl groups is 1. The molecule has 1 fully saturated rings. The molecular weight excluding hydrogens is 546 g/mol. The topological polar surface area (TPSA) is 179 Å². The first kappa shape index (κ1) is 34.5. The number of nitrogens with one attached hydrogen (secondary N) is 1. The van der Waals surface area contributed by atoms with E-state index in [0.29, 0.717) is 6.04 Å². The fourth-order valence-electron chi connectivity index (χ4n) is 5.48. The van der Waals surface area contributed by atoms with Gasteiger partial charge in [0.2, 0.25) is 0 Å². The van der Waals surface area contributed by atoms with Crippen LogP contribution >= 0.6 is 0 Å². The molecule has 12 heteroatoms. The van der Waals surface area contributed by atoms with E-state index in [1.807, 2.05) is 24.4 Å². The van der Waals surface area contributed by atoms with E-state index in [0.717, 1.165) is 48.7 Å². The smallest absolute Gasteiger partial charge is 0.336 e. The minimum absolute atomic E-state index is 0.0766. The van der Waals surface area contributed by atoms with Crippen LogP contribution in [0.25, 0.3) is 0 Å². The van der Waals surface area contributed by atoms with E-state index in [4.69, 9.17) is 29.9 Å². The summed E-state index contributed by atoms with van der Waals surface area (Å²) in [5, 5.41) is 37.6. The van der Waals surface area contributed by atoms with Gasteiger partial charge in [0.15, 0.2) is 5.60 Å².